The highest BCUT2D eigenvalue weighted by molar-refractivity contribution is 5.95. The molecule has 3 aliphatic rings. The largest absolute Gasteiger partial charge is 0.366 e. The van der Waals surface area contributed by atoms with Crippen LogP contribution in [0.4, 0.5) is 0 Å². The van der Waals surface area contributed by atoms with Gasteiger partial charge in [0, 0.05) is 43.2 Å². The Balaban J connectivity index is 1.41. The molecule has 3 fully saturated rings. The van der Waals surface area contributed by atoms with Crippen LogP contribution in [0.1, 0.15) is 54.4 Å². The molecule has 2 aliphatic carbocycles. The van der Waals surface area contributed by atoms with E-state index >= 15 is 0 Å². The van der Waals surface area contributed by atoms with Crippen molar-refractivity contribution in [3.05, 3.63) is 35.4 Å². The van der Waals surface area contributed by atoms with Crippen molar-refractivity contribution in [3.8, 4) is 0 Å². The van der Waals surface area contributed by atoms with Gasteiger partial charge in [-0.3, -0.25) is 14.5 Å². The van der Waals surface area contributed by atoms with E-state index in [1.165, 1.54) is 19.3 Å². The summed E-state index contributed by atoms with van der Waals surface area (Å²) in [6.45, 7) is 4.98. The van der Waals surface area contributed by atoms with E-state index in [0.717, 1.165) is 37.7 Å². The van der Waals surface area contributed by atoms with Crippen LogP contribution in [0.5, 0.6) is 0 Å². The van der Waals surface area contributed by atoms with Crippen molar-refractivity contribution in [2.45, 2.75) is 50.6 Å². The van der Waals surface area contributed by atoms with Gasteiger partial charge in [-0.05, 0) is 43.7 Å². The van der Waals surface area contributed by atoms with E-state index in [1.807, 2.05) is 18.2 Å². The Bertz CT molecular complexity index is 685. The first kappa shape index (κ1) is 16.6. The first-order valence-electron chi connectivity index (χ1n) is 9.49. The van der Waals surface area contributed by atoms with Crippen LogP contribution in [0.3, 0.4) is 0 Å². The maximum atomic E-state index is 13.0. The second kappa shape index (κ2) is 6.45. The number of rotatable bonds is 4. The quantitative estimate of drug-likeness (QED) is 0.910. The molecule has 0 bridgehead atoms. The topological polar surface area (TPSA) is 66.6 Å². The van der Waals surface area contributed by atoms with E-state index in [2.05, 4.69) is 16.7 Å². The zero-order chi connectivity index (χ0) is 17.6. The highest BCUT2D eigenvalue weighted by Crippen LogP contribution is 2.49. The van der Waals surface area contributed by atoms with Gasteiger partial charge in [0.15, 0.2) is 0 Å². The van der Waals surface area contributed by atoms with E-state index in [4.69, 9.17) is 5.73 Å². The average molecular weight is 341 g/mol. The fraction of sp³-hybridized carbons (Fsp3) is 0.600. The number of benzene rings is 1. The fourth-order valence-corrected chi connectivity index (χ4v) is 4.47. The lowest BCUT2D eigenvalue weighted by atomic mass is 9.90. The highest BCUT2D eigenvalue weighted by Gasteiger charge is 2.48. The number of piperazine rings is 1. The molecule has 0 unspecified atom stereocenters. The van der Waals surface area contributed by atoms with Crippen molar-refractivity contribution in [2.75, 3.05) is 19.6 Å². The molecule has 134 valence electrons. The predicted octanol–water partition coefficient (Wildman–Crippen LogP) is 1.97. The highest BCUT2D eigenvalue weighted by atomic mass is 16.2. The van der Waals surface area contributed by atoms with Crippen LogP contribution in [0.25, 0.3) is 0 Å². The molecule has 2 N–H and O–H groups in total. The first-order valence-corrected chi connectivity index (χ1v) is 9.49. The van der Waals surface area contributed by atoms with Gasteiger partial charge in [-0.1, -0.05) is 24.6 Å². The summed E-state index contributed by atoms with van der Waals surface area (Å²) in [5.41, 5.74) is 6.99. The summed E-state index contributed by atoms with van der Waals surface area (Å²) in [6, 6.07) is 8.46. The molecule has 1 aromatic rings. The molecule has 0 spiro atoms. The smallest absolute Gasteiger partial charge is 0.248 e. The van der Waals surface area contributed by atoms with E-state index in [1.54, 1.807) is 6.07 Å². The lowest BCUT2D eigenvalue weighted by Gasteiger charge is -2.46. The van der Waals surface area contributed by atoms with Gasteiger partial charge in [-0.15, -0.1) is 0 Å². The summed E-state index contributed by atoms with van der Waals surface area (Å²) in [5.74, 6) is 0.00692. The van der Waals surface area contributed by atoms with Crippen LogP contribution in [0.15, 0.2) is 24.3 Å². The van der Waals surface area contributed by atoms with Crippen LogP contribution in [-0.4, -0.2) is 53.3 Å². The third-order valence-corrected chi connectivity index (χ3v) is 6.27. The molecule has 1 saturated heterocycles. The Morgan fingerprint density at radius 3 is 2.56 bits per heavy atom. The first-order chi connectivity index (χ1) is 12.1. The third-order valence-electron chi connectivity index (χ3n) is 6.27. The number of amides is 2. The van der Waals surface area contributed by atoms with Gasteiger partial charge in [-0.2, -0.15) is 0 Å². The summed E-state index contributed by atoms with van der Waals surface area (Å²) in [6.07, 6.45) is 4.81. The molecule has 25 heavy (non-hydrogen) atoms. The molecule has 1 aromatic carbocycles. The normalized spacial score (nSPS) is 30.0. The van der Waals surface area contributed by atoms with Crippen LogP contribution in [0.2, 0.25) is 0 Å². The zero-order valence-corrected chi connectivity index (χ0v) is 14.9. The van der Waals surface area contributed by atoms with Gasteiger partial charge < -0.3 is 10.6 Å². The Morgan fingerprint density at radius 2 is 1.92 bits per heavy atom. The Kier molecular flexibility index (Phi) is 4.28. The number of primary amides is 1. The van der Waals surface area contributed by atoms with Crippen LogP contribution in [0, 0.1) is 5.92 Å². The van der Waals surface area contributed by atoms with E-state index in [-0.39, 0.29) is 23.8 Å². The molecule has 1 aliphatic heterocycles. The molecule has 1 heterocycles. The number of nitrogens with zero attached hydrogens (tertiary/aromatic N) is 2. The summed E-state index contributed by atoms with van der Waals surface area (Å²) >= 11 is 0. The molecule has 5 nitrogen and oxygen atoms in total. The van der Waals surface area contributed by atoms with Gasteiger partial charge >= 0.3 is 0 Å². The minimum absolute atomic E-state index is 0.0122. The van der Waals surface area contributed by atoms with Crippen molar-refractivity contribution < 1.29 is 9.59 Å². The number of nitrogens with two attached hydrogens (primary N) is 1. The molecule has 5 heteroatoms. The summed E-state index contributed by atoms with van der Waals surface area (Å²) < 4.78 is 0. The van der Waals surface area contributed by atoms with Crippen molar-refractivity contribution in [2.24, 2.45) is 11.7 Å². The fourth-order valence-electron chi connectivity index (χ4n) is 4.47. The van der Waals surface area contributed by atoms with Crippen LogP contribution >= 0.6 is 0 Å². The maximum Gasteiger partial charge on any atom is 0.248 e. The summed E-state index contributed by atoms with van der Waals surface area (Å²) in [5, 5.41) is 0. The SMILES string of the molecule is C[C@H]1CN(C2CCC2)CCN1C(=O)[C@@H]1C[C@H]1c1ccccc1C(N)=O. The van der Waals surface area contributed by atoms with Crippen LogP contribution in [-0.2, 0) is 4.79 Å². The van der Waals surface area contributed by atoms with Crippen molar-refractivity contribution in [1.82, 2.24) is 9.80 Å². The second-order valence-electron chi connectivity index (χ2n) is 7.86. The lowest BCUT2D eigenvalue weighted by molar-refractivity contribution is -0.138. The minimum Gasteiger partial charge on any atom is -0.366 e. The average Bonchev–Trinajstić information content (AvgIpc) is 3.33. The summed E-state index contributed by atoms with van der Waals surface area (Å²) in [7, 11) is 0. The molecular formula is C20H27N3O2. The standard InChI is InChI=1S/C20H27N3O2/c1-13-12-22(14-5-4-6-14)9-10-23(13)20(25)18-11-17(18)15-7-2-3-8-16(15)19(21)24/h2-3,7-8,13-14,17-18H,4-6,9-12H2,1H3,(H2,21,24)/t13-,17-,18+/m0/s1. The Hall–Kier alpha value is -1.88. The predicted molar refractivity (Wildman–Crippen MR) is 96.2 cm³/mol. The van der Waals surface area contributed by atoms with Crippen LogP contribution < -0.4 is 5.73 Å². The number of carbonyl (C=O) groups excluding carboxylic acids is 2. The van der Waals surface area contributed by atoms with E-state index in [0.29, 0.717) is 5.56 Å². The molecular weight excluding hydrogens is 314 g/mol. The van der Waals surface area contributed by atoms with Gasteiger partial charge in [0.2, 0.25) is 11.8 Å². The van der Waals surface area contributed by atoms with Gasteiger partial charge in [-0.25, -0.2) is 0 Å². The van der Waals surface area contributed by atoms with E-state index < -0.39 is 5.91 Å². The number of hydrogen-bond acceptors (Lipinski definition) is 3. The molecule has 0 radical (unpaired) electrons. The van der Waals surface area contributed by atoms with Crippen molar-refractivity contribution >= 4 is 11.8 Å². The second-order valence-corrected chi connectivity index (χ2v) is 7.86. The number of hydrogen-bond donors (Lipinski definition) is 1. The van der Waals surface area contributed by atoms with Crippen molar-refractivity contribution in [1.29, 1.82) is 0 Å². The molecule has 2 saturated carbocycles. The molecule has 3 atom stereocenters. The molecule has 0 aromatic heterocycles. The molecule has 4 rings (SSSR count). The zero-order valence-electron chi connectivity index (χ0n) is 14.9. The Morgan fingerprint density at radius 1 is 1.16 bits per heavy atom. The third kappa shape index (κ3) is 3.06. The lowest BCUT2D eigenvalue weighted by Crippen LogP contribution is -2.58. The monoisotopic (exact) mass is 341 g/mol. The van der Waals surface area contributed by atoms with Gasteiger partial charge in [0.25, 0.3) is 0 Å². The van der Waals surface area contributed by atoms with Gasteiger partial charge in [0.1, 0.15) is 0 Å². The van der Waals surface area contributed by atoms with E-state index in [9.17, 15) is 9.59 Å². The summed E-state index contributed by atoms with van der Waals surface area (Å²) in [4.78, 5) is 29.2. The van der Waals surface area contributed by atoms with Gasteiger partial charge in [0.05, 0.1) is 0 Å². The number of carbonyl (C=O) groups is 2. The maximum absolute atomic E-state index is 13.0. The Labute approximate surface area is 149 Å². The van der Waals surface area contributed by atoms with Crippen molar-refractivity contribution in [3.63, 3.8) is 0 Å². The minimum atomic E-state index is -0.406. The molecule has 2 amide bonds.